The van der Waals surface area contributed by atoms with Crippen molar-refractivity contribution in [2.45, 2.75) is 51.8 Å². The number of rotatable bonds is 5. The van der Waals surface area contributed by atoms with Gasteiger partial charge in [0.15, 0.2) is 0 Å². The molecule has 1 aliphatic heterocycles. The maximum absolute atomic E-state index is 5.78. The molecule has 0 aliphatic carbocycles. The van der Waals surface area contributed by atoms with Gasteiger partial charge in [0.05, 0.1) is 6.10 Å². The second kappa shape index (κ2) is 7.09. The van der Waals surface area contributed by atoms with Crippen molar-refractivity contribution in [1.82, 2.24) is 10.2 Å². The maximum atomic E-state index is 5.78. The lowest BCUT2D eigenvalue weighted by molar-refractivity contribution is 0.218. The number of benzene rings is 1. The van der Waals surface area contributed by atoms with Crippen molar-refractivity contribution in [3.05, 3.63) is 29.8 Å². The lowest BCUT2D eigenvalue weighted by atomic mass is 10.0. The van der Waals surface area contributed by atoms with Crippen LogP contribution in [0.3, 0.4) is 0 Å². The van der Waals surface area contributed by atoms with Crippen molar-refractivity contribution < 1.29 is 4.74 Å². The molecule has 1 N–H and O–H groups in total. The molecule has 0 spiro atoms. The monoisotopic (exact) mass is 276 g/mol. The quantitative estimate of drug-likeness (QED) is 0.893. The van der Waals surface area contributed by atoms with Crippen LogP contribution in [0.5, 0.6) is 5.75 Å². The van der Waals surface area contributed by atoms with Gasteiger partial charge in [0.1, 0.15) is 5.75 Å². The molecule has 1 fully saturated rings. The number of nitrogens with zero attached hydrogens (tertiary/aromatic N) is 1. The van der Waals surface area contributed by atoms with Crippen molar-refractivity contribution in [1.29, 1.82) is 0 Å². The number of nitrogens with one attached hydrogen (secondary N) is 1. The normalized spacial score (nSPS) is 21.9. The SMILES string of the molecule is CC(C)Oc1cccc(C(C)NC2CCCN(C)C2)c1. The Balaban J connectivity index is 1.96. The van der Waals surface area contributed by atoms with Crippen LogP contribution < -0.4 is 10.1 Å². The molecule has 0 aromatic heterocycles. The number of hydrogen-bond acceptors (Lipinski definition) is 3. The highest BCUT2D eigenvalue weighted by molar-refractivity contribution is 5.30. The molecule has 1 heterocycles. The molecule has 0 bridgehead atoms. The molecule has 20 heavy (non-hydrogen) atoms. The van der Waals surface area contributed by atoms with Gasteiger partial charge in [-0.05, 0) is 64.9 Å². The van der Waals surface area contributed by atoms with Crippen LogP contribution >= 0.6 is 0 Å². The van der Waals surface area contributed by atoms with E-state index in [0.29, 0.717) is 12.1 Å². The molecule has 0 saturated carbocycles. The van der Waals surface area contributed by atoms with Crippen molar-refractivity contribution in [3.8, 4) is 5.75 Å². The highest BCUT2D eigenvalue weighted by atomic mass is 16.5. The zero-order valence-electron chi connectivity index (χ0n) is 13.2. The third-order valence-electron chi connectivity index (χ3n) is 3.84. The van der Waals surface area contributed by atoms with E-state index in [4.69, 9.17) is 4.74 Å². The Kier molecular flexibility index (Phi) is 5.44. The van der Waals surface area contributed by atoms with Crippen LogP contribution in [0, 0.1) is 0 Å². The number of likely N-dealkylation sites (tertiary alicyclic amines) is 1. The van der Waals surface area contributed by atoms with Crippen LogP contribution in [-0.4, -0.2) is 37.2 Å². The van der Waals surface area contributed by atoms with Gasteiger partial charge in [-0.15, -0.1) is 0 Å². The molecule has 1 saturated heterocycles. The summed E-state index contributed by atoms with van der Waals surface area (Å²) in [5, 5.41) is 3.75. The fourth-order valence-corrected chi connectivity index (χ4v) is 2.88. The highest BCUT2D eigenvalue weighted by Crippen LogP contribution is 2.21. The van der Waals surface area contributed by atoms with Gasteiger partial charge < -0.3 is 15.0 Å². The summed E-state index contributed by atoms with van der Waals surface area (Å²) in [6, 6.07) is 9.41. The second-order valence-corrected chi connectivity index (χ2v) is 6.23. The zero-order chi connectivity index (χ0) is 14.5. The molecule has 1 aromatic rings. The first kappa shape index (κ1) is 15.3. The van der Waals surface area contributed by atoms with Crippen molar-refractivity contribution >= 4 is 0 Å². The average Bonchev–Trinajstić information content (AvgIpc) is 2.38. The molecular weight excluding hydrogens is 248 g/mol. The van der Waals surface area contributed by atoms with Gasteiger partial charge in [-0.2, -0.15) is 0 Å². The second-order valence-electron chi connectivity index (χ2n) is 6.23. The zero-order valence-corrected chi connectivity index (χ0v) is 13.2. The van der Waals surface area contributed by atoms with Crippen LogP contribution in [0.1, 0.15) is 45.2 Å². The molecule has 3 nitrogen and oxygen atoms in total. The van der Waals surface area contributed by atoms with Crippen molar-refractivity contribution in [2.75, 3.05) is 20.1 Å². The fourth-order valence-electron chi connectivity index (χ4n) is 2.88. The summed E-state index contributed by atoms with van der Waals surface area (Å²) in [5.41, 5.74) is 1.30. The van der Waals surface area contributed by atoms with Gasteiger partial charge >= 0.3 is 0 Å². The van der Waals surface area contributed by atoms with Gasteiger partial charge in [-0.25, -0.2) is 0 Å². The Morgan fingerprint density at radius 1 is 1.30 bits per heavy atom. The van der Waals surface area contributed by atoms with Crippen LogP contribution in [0.25, 0.3) is 0 Å². The summed E-state index contributed by atoms with van der Waals surface area (Å²) in [5.74, 6) is 0.965. The summed E-state index contributed by atoms with van der Waals surface area (Å²) in [7, 11) is 2.20. The fraction of sp³-hybridized carbons (Fsp3) is 0.647. The smallest absolute Gasteiger partial charge is 0.120 e. The van der Waals surface area contributed by atoms with E-state index in [-0.39, 0.29) is 6.10 Å². The first-order chi connectivity index (χ1) is 9.54. The predicted molar refractivity (Wildman–Crippen MR) is 84.3 cm³/mol. The Labute approximate surface area is 123 Å². The lowest BCUT2D eigenvalue weighted by Gasteiger charge is -2.32. The molecule has 0 amide bonds. The molecule has 112 valence electrons. The summed E-state index contributed by atoms with van der Waals surface area (Å²) < 4.78 is 5.78. The molecule has 2 unspecified atom stereocenters. The topological polar surface area (TPSA) is 24.5 Å². The number of ether oxygens (including phenoxy) is 1. The number of piperidine rings is 1. The van der Waals surface area contributed by atoms with Crippen LogP contribution in [0.15, 0.2) is 24.3 Å². The predicted octanol–water partition coefficient (Wildman–Crippen LogP) is 3.22. The summed E-state index contributed by atoms with van der Waals surface area (Å²) in [4.78, 5) is 2.41. The first-order valence-electron chi connectivity index (χ1n) is 7.76. The molecule has 1 aliphatic rings. The Morgan fingerprint density at radius 3 is 2.80 bits per heavy atom. The van der Waals surface area contributed by atoms with Crippen LogP contribution in [0.2, 0.25) is 0 Å². The third-order valence-corrected chi connectivity index (χ3v) is 3.84. The Bertz CT molecular complexity index is 419. The summed E-state index contributed by atoms with van der Waals surface area (Å²) in [6.45, 7) is 8.73. The van der Waals surface area contributed by atoms with E-state index in [0.717, 1.165) is 12.3 Å². The van der Waals surface area contributed by atoms with Gasteiger partial charge in [0, 0.05) is 18.6 Å². The molecule has 2 rings (SSSR count). The van der Waals surface area contributed by atoms with Crippen molar-refractivity contribution in [2.24, 2.45) is 0 Å². The van der Waals surface area contributed by atoms with Gasteiger partial charge in [0.25, 0.3) is 0 Å². The molecular formula is C17H28N2O. The number of likely N-dealkylation sites (N-methyl/N-ethyl adjacent to an activating group) is 1. The van der Waals surface area contributed by atoms with E-state index in [1.807, 2.05) is 6.07 Å². The first-order valence-corrected chi connectivity index (χ1v) is 7.76. The lowest BCUT2D eigenvalue weighted by Crippen LogP contribution is -2.44. The maximum Gasteiger partial charge on any atom is 0.120 e. The minimum atomic E-state index is 0.223. The van der Waals surface area contributed by atoms with Crippen LogP contribution in [0.4, 0.5) is 0 Å². The summed E-state index contributed by atoms with van der Waals surface area (Å²) >= 11 is 0. The van der Waals surface area contributed by atoms with Gasteiger partial charge in [0.2, 0.25) is 0 Å². The molecule has 1 aromatic carbocycles. The van der Waals surface area contributed by atoms with E-state index in [2.05, 4.69) is 56.2 Å². The summed E-state index contributed by atoms with van der Waals surface area (Å²) in [6.07, 6.45) is 2.79. The Morgan fingerprint density at radius 2 is 2.10 bits per heavy atom. The molecule has 0 radical (unpaired) electrons. The number of hydrogen-bond donors (Lipinski definition) is 1. The van der Waals surface area contributed by atoms with E-state index >= 15 is 0 Å². The highest BCUT2D eigenvalue weighted by Gasteiger charge is 2.19. The standard InChI is InChI=1S/C17H28N2O/c1-13(2)20-17-9-5-7-15(11-17)14(3)18-16-8-6-10-19(4)12-16/h5,7,9,11,13-14,16,18H,6,8,10,12H2,1-4H3. The van der Waals surface area contributed by atoms with Gasteiger partial charge in [-0.1, -0.05) is 12.1 Å². The average molecular weight is 276 g/mol. The van der Waals surface area contributed by atoms with E-state index in [1.165, 1.54) is 24.9 Å². The molecule has 3 heteroatoms. The minimum Gasteiger partial charge on any atom is -0.491 e. The van der Waals surface area contributed by atoms with Crippen LogP contribution in [-0.2, 0) is 0 Å². The van der Waals surface area contributed by atoms with E-state index in [9.17, 15) is 0 Å². The van der Waals surface area contributed by atoms with Crippen molar-refractivity contribution in [3.63, 3.8) is 0 Å². The third kappa shape index (κ3) is 4.50. The van der Waals surface area contributed by atoms with Gasteiger partial charge in [-0.3, -0.25) is 0 Å². The molecule has 2 atom stereocenters. The van der Waals surface area contributed by atoms with E-state index in [1.54, 1.807) is 0 Å². The Hall–Kier alpha value is -1.06. The van der Waals surface area contributed by atoms with E-state index < -0.39 is 0 Å². The largest absolute Gasteiger partial charge is 0.491 e. The minimum absolute atomic E-state index is 0.223.